The number of fused-ring (bicyclic) bond motifs is 2. The summed E-state index contributed by atoms with van der Waals surface area (Å²) >= 11 is 7.66. The van der Waals surface area contributed by atoms with E-state index in [-0.39, 0.29) is 17.8 Å². The van der Waals surface area contributed by atoms with Crippen LogP contribution < -0.4 is 10.6 Å². The summed E-state index contributed by atoms with van der Waals surface area (Å²) in [5.74, 6) is -0.214. The lowest BCUT2D eigenvalue weighted by molar-refractivity contribution is -0.122. The smallest absolute Gasteiger partial charge is 0.220 e. The molecule has 4 aromatic rings. The van der Waals surface area contributed by atoms with Crippen LogP contribution in [-0.2, 0) is 11.2 Å². The first kappa shape index (κ1) is 22.7. The number of hydrogen-bond donors (Lipinski definition) is 2. The number of hydrogen-bond acceptors (Lipinski definition) is 5. The van der Waals surface area contributed by atoms with E-state index in [0.717, 1.165) is 57.0 Å². The third-order valence-corrected chi connectivity index (χ3v) is 7.47. The van der Waals surface area contributed by atoms with Crippen molar-refractivity contribution in [3.63, 3.8) is 0 Å². The second-order valence-corrected chi connectivity index (χ2v) is 9.87. The van der Waals surface area contributed by atoms with Gasteiger partial charge in [-0.1, -0.05) is 11.6 Å². The van der Waals surface area contributed by atoms with Crippen molar-refractivity contribution in [3.05, 3.63) is 76.1 Å². The number of halogens is 2. The third-order valence-electron chi connectivity index (χ3n) is 5.98. The van der Waals surface area contributed by atoms with Gasteiger partial charge in [-0.25, -0.2) is 9.37 Å². The SMILES string of the molecule is O=C(CCCNc1ccnc2cc(Cl)ccc12)NC1CCCc2nc(-c3ccc(F)cc3)sc21. The maximum absolute atomic E-state index is 13.3. The molecule has 1 aliphatic rings. The van der Waals surface area contributed by atoms with Crippen molar-refractivity contribution in [3.8, 4) is 10.6 Å². The van der Waals surface area contributed by atoms with E-state index in [1.165, 1.54) is 12.1 Å². The lowest BCUT2D eigenvalue weighted by Gasteiger charge is -2.22. The van der Waals surface area contributed by atoms with E-state index in [0.29, 0.717) is 24.4 Å². The summed E-state index contributed by atoms with van der Waals surface area (Å²) in [7, 11) is 0. The zero-order valence-corrected chi connectivity index (χ0v) is 20.1. The second-order valence-electron chi connectivity index (χ2n) is 8.40. The van der Waals surface area contributed by atoms with E-state index >= 15 is 0 Å². The minimum atomic E-state index is -0.258. The molecule has 0 bridgehead atoms. The predicted molar refractivity (Wildman–Crippen MR) is 136 cm³/mol. The number of anilines is 1. The Morgan fingerprint density at radius 1 is 1.18 bits per heavy atom. The Balaban J connectivity index is 1.17. The van der Waals surface area contributed by atoms with Gasteiger partial charge in [-0.2, -0.15) is 0 Å². The van der Waals surface area contributed by atoms with Gasteiger partial charge in [-0.15, -0.1) is 11.3 Å². The Hall–Kier alpha value is -3.03. The van der Waals surface area contributed by atoms with Crippen molar-refractivity contribution >= 4 is 45.4 Å². The van der Waals surface area contributed by atoms with Crippen LogP contribution in [0.4, 0.5) is 10.1 Å². The number of pyridine rings is 1. The van der Waals surface area contributed by atoms with Gasteiger partial charge in [0.05, 0.1) is 22.1 Å². The maximum Gasteiger partial charge on any atom is 0.220 e. The van der Waals surface area contributed by atoms with Crippen LogP contribution >= 0.6 is 22.9 Å². The minimum absolute atomic E-state index is 0.00945. The Labute approximate surface area is 206 Å². The summed E-state index contributed by atoms with van der Waals surface area (Å²) in [4.78, 5) is 22.9. The summed E-state index contributed by atoms with van der Waals surface area (Å²) in [6, 6.07) is 14.0. The van der Waals surface area contributed by atoms with Crippen molar-refractivity contribution in [2.75, 3.05) is 11.9 Å². The number of nitrogens with one attached hydrogen (secondary N) is 2. The zero-order valence-electron chi connectivity index (χ0n) is 18.5. The van der Waals surface area contributed by atoms with Gasteiger partial charge < -0.3 is 10.6 Å². The number of carbonyl (C=O) groups is 1. The largest absolute Gasteiger partial charge is 0.384 e. The fourth-order valence-corrected chi connectivity index (χ4v) is 5.66. The van der Waals surface area contributed by atoms with Crippen molar-refractivity contribution in [1.82, 2.24) is 15.3 Å². The van der Waals surface area contributed by atoms with Gasteiger partial charge in [0.1, 0.15) is 10.8 Å². The van der Waals surface area contributed by atoms with E-state index in [2.05, 4.69) is 15.6 Å². The number of amides is 1. The van der Waals surface area contributed by atoms with E-state index < -0.39 is 0 Å². The number of aryl methyl sites for hydroxylation is 1. The van der Waals surface area contributed by atoms with Crippen LogP contribution in [0.15, 0.2) is 54.7 Å². The summed E-state index contributed by atoms with van der Waals surface area (Å²) in [5.41, 5.74) is 3.78. The molecule has 1 atom stereocenters. The molecule has 2 aromatic carbocycles. The van der Waals surface area contributed by atoms with Crippen LogP contribution in [0.3, 0.4) is 0 Å². The predicted octanol–water partition coefficient (Wildman–Crippen LogP) is 6.54. The molecule has 0 radical (unpaired) electrons. The molecule has 2 N–H and O–H groups in total. The molecule has 174 valence electrons. The summed E-state index contributed by atoms with van der Waals surface area (Å²) in [5, 5.41) is 9.15. The van der Waals surface area contributed by atoms with Crippen LogP contribution in [0, 0.1) is 5.82 Å². The van der Waals surface area contributed by atoms with Crippen LogP contribution in [-0.4, -0.2) is 22.4 Å². The number of rotatable bonds is 7. The number of carbonyl (C=O) groups excluding carboxylic acids is 1. The number of nitrogens with zero attached hydrogens (tertiary/aromatic N) is 2. The molecule has 0 spiro atoms. The van der Waals surface area contributed by atoms with E-state index in [9.17, 15) is 9.18 Å². The topological polar surface area (TPSA) is 66.9 Å². The molecule has 2 aromatic heterocycles. The maximum atomic E-state index is 13.3. The molecule has 8 heteroatoms. The molecule has 0 saturated carbocycles. The highest BCUT2D eigenvalue weighted by Crippen LogP contribution is 2.38. The van der Waals surface area contributed by atoms with Crippen LogP contribution in [0.25, 0.3) is 21.5 Å². The van der Waals surface area contributed by atoms with Gasteiger partial charge in [0.15, 0.2) is 0 Å². The van der Waals surface area contributed by atoms with Crippen molar-refractivity contribution in [2.45, 2.75) is 38.1 Å². The quantitative estimate of drug-likeness (QED) is 0.286. The summed E-state index contributed by atoms with van der Waals surface area (Å²) in [6.07, 6.45) is 5.72. The Kier molecular flexibility index (Phi) is 6.74. The molecule has 5 nitrogen and oxygen atoms in total. The van der Waals surface area contributed by atoms with Gasteiger partial charge in [0.2, 0.25) is 5.91 Å². The van der Waals surface area contributed by atoms with E-state index in [1.807, 2.05) is 24.3 Å². The number of aromatic nitrogens is 2. The van der Waals surface area contributed by atoms with Crippen LogP contribution in [0.2, 0.25) is 5.02 Å². The first-order chi connectivity index (χ1) is 16.6. The number of benzene rings is 2. The van der Waals surface area contributed by atoms with Gasteiger partial charge in [0.25, 0.3) is 0 Å². The molecule has 1 unspecified atom stereocenters. The summed E-state index contributed by atoms with van der Waals surface area (Å²) in [6.45, 7) is 0.681. The Morgan fingerprint density at radius 2 is 2.03 bits per heavy atom. The van der Waals surface area contributed by atoms with Crippen LogP contribution in [0.1, 0.15) is 42.3 Å². The first-order valence-corrected chi connectivity index (χ1v) is 12.6. The highest BCUT2D eigenvalue weighted by molar-refractivity contribution is 7.15. The van der Waals surface area contributed by atoms with E-state index in [4.69, 9.17) is 16.6 Å². The fraction of sp³-hybridized carbons (Fsp3) is 0.269. The van der Waals surface area contributed by atoms with Gasteiger partial charge in [-0.3, -0.25) is 9.78 Å². The molecule has 2 heterocycles. The van der Waals surface area contributed by atoms with Crippen LogP contribution in [0.5, 0.6) is 0 Å². The Bertz CT molecular complexity index is 1320. The van der Waals surface area contributed by atoms with Crippen molar-refractivity contribution in [2.24, 2.45) is 0 Å². The van der Waals surface area contributed by atoms with Crippen molar-refractivity contribution in [1.29, 1.82) is 0 Å². The molecular weight excluding hydrogens is 471 g/mol. The lowest BCUT2D eigenvalue weighted by atomic mass is 9.98. The third kappa shape index (κ3) is 5.05. The standard InChI is InChI=1S/C26H24ClFN4OS/c27-17-8-11-19-20(12-14-30-23(19)15-17)29-13-2-5-24(33)31-21-3-1-4-22-25(21)34-26(32-22)16-6-9-18(28)10-7-16/h6-12,14-15,21H,1-5,13H2,(H,29,30)(H,31,33). The number of thiazole rings is 1. The monoisotopic (exact) mass is 494 g/mol. The molecule has 0 fully saturated rings. The molecule has 0 aliphatic heterocycles. The molecule has 34 heavy (non-hydrogen) atoms. The highest BCUT2D eigenvalue weighted by atomic mass is 35.5. The highest BCUT2D eigenvalue weighted by Gasteiger charge is 2.26. The zero-order chi connectivity index (χ0) is 23.5. The van der Waals surface area contributed by atoms with E-state index in [1.54, 1.807) is 29.7 Å². The average Bonchev–Trinajstić information content (AvgIpc) is 3.27. The van der Waals surface area contributed by atoms with Crippen molar-refractivity contribution < 1.29 is 9.18 Å². The van der Waals surface area contributed by atoms with Gasteiger partial charge in [-0.05, 0) is 74.2 Å². The van der Waals surface area contributed by atoms with Gasteiger partial charge in [0, 0.05) is 40.8 Å². The molecule has 0 saturated heterocycles. The summed E-state index contributed by atoms with van der Waals surface area (Å²) < 4.78 is 13.3. The minimum Gasteiger partial charge on any atom is -0.384 e. The Morgan fingerprint density at radius 3 is 2.88 bits per heavy atom. The lowest BCUT2D eigenvalue weighted by Crippen LogP contribution is -2.30. The normalized spacial score (nSPS) is 15.2. The molecule has 1 aliphatic carbocycles. The average molecular weight is 495 g/mol. The molecule has 5 rings (SSSR count). The molecule has 1 amide bonds. The first-order valence-electron chi connectivity index (χ1n) is 11.4. The molecular formula is C26H24ClFN4OS. The van der Waals surface area contributed by atoms with Gasteiger partial charge >= 0.3 is 0 Å². The fourth-order valence-electron chi connectivity index (χ4n) is 4.29. The second kappa shape index (κ2) is 10.1.